The van der Waals surface area contributed by atoms with Crippen LogP contribution in [0.15, 0.2) is 72.8 Å². The third kappa shape index (κ3) is 20.0. The molecule has 0 spiro atoms. The molecule has 6 nitrogen and oxygen atoms in total. The van der Waals surface area contributed by atoms with Gasteiger partial charge < -0.3 is 19.7 Å². The number of carbonyl (C=O) groups is 2. The van der Waals surface area contributed by atoms with Crippen molar-refractivity contribution < 1.29 is 29.3 Å². The molecule has 0 heterocycles. The molecule has 3 rings (SSSR count). The number of benzene rings is 3. The second-order valence-corrected chi connectivity index (χ2v) is 10.4. The molecule has 0 aromatic heterocycles. The van der Waals surface area contributed by atoms with E-state index >= 15 is 0 Å². The van der Waals surface area contributed by atoms with Crippen molar-refractivity contribution in [3.63, 3.8) is 0 Å². The molecule has 6 heteroatoms. The van der Waals surface area contributed by atoms with Gasteiger partial charge in [-0.3, -0.25) is 9.59 Å². The third-order valence-electron chi connectivity index (χ3n) is 6.68. The number of aliphatic hydroxyl groups is 1. The second-order valence-electron chi connectivity index (χ2n) is 10.4. The van der Waals surface area contributed by atoms with Gasteiger partial charge in [-0.05, 0) is 79.1 Å². The number of hydrogen-bond donors (Lipinski definition) is 2. The van der Waals surface area contributed by atoms with Crippen LogP contribution in [0.4, 0.5) is 0 Å². The Bertz CT molecular complexity index is 1060. The first-order chi connectivity index (χ1) is 21.1. The van der Waals surface area contributed by atoms with Gasteiger partial charge in [0, 0.05) is 11.1 Å². The summed E-state index contributed by atoms with van der Waals surface area (Å²) in [7, 11) is 0. The molecular weight excluding hydrogens is 540 g/mol. The summed E-state index contributed by atoms with van der Waals surface area (Å²) in [6.07, 6.45) is 16.9. The van der Waals surface area contributed by atoms with Gasteiger partial charge >= 0.3 is 0 Å². The Morgan fingerprint density at radius 1 is 0.535 bits per heavy atom. The van der Waals surface area contributed by atoms with Crippen molar-refractivity contribution in [1.29, 1.82) is 0 Å². The molecule has 0 radical (unpaired) electrons. The van der Waals surface area contributed by atoms with Gasteiger partial charge in [0.15, 0.2) is 0 Å². The Balaban J connectivity index is 0.000000338. The fourth-order valence-electron chi connectivity index (χ4n) is 4.03. The van der Waals surface area contributed by atoms with Crippen molar-refractivity contribution in [2.24, 2.45) is 0 Å². The molecule has 0 aliphatic heterocycles. The summed E-state index contributed by atoms with van der Waals surface area (Å²) in [6, 6.07) is 21.0. The zero-order valence-corrected chi connectivity index (χ0v) is 26.2. The number of rotatable bonds is 19. The Morgan fingerprint density at radius 2 is 0.907 bits per heavy atom. The summed E-state index contributed by atoms with van der Waals surface area (Å²) in [5.74, 6) is 1.93. The van der Waals surface area contributed by atoms with E-state index in [1.807, 2.05) is 36.4 Å². The van der Waals surface area contributed by atoms with Gasteiger partial charge in [-0.25, -0.2) is 0 Å². The first-order valence-electron chi connectivity index (χ1n) is 15.8. The molecule has 236 valence electrons. The first kappa shape index (κ1) is 37.4. The number of aromatic hydroxyl groups is 1. The minimum atomic E-state index is 0.0949. The van der Waals surface area contributed by atoms with E-state index in [1.165, 1.54) is 76.3 Å². The molecule has 0 unspecified atom stereocenters. The van der Waals surface area contributed by atoms with Crippen LogP contribution >= 0.6 is 0 Å². The maximum Gasteiger partial charge on any atom is 0.150 e. The highest BCUT2D eigenvalue weighted by Gasteiger charge is 1.96. The fraction of sp³-hybridized carbons (Fsp3) is 0.459. The maximum atomic E-state index is 10.5. The van der Waals surface area contributed by atoms with Gasteiger partial charge in [-0.1, -0.05) is 90.2 Å². The van der Waals surface area contributed by atoms with Crippen LogP contribution in [0.1, 0.15) is 117 Å². The SMILES string of the molecule is CCCCCCCCOc1ccc(C=O)cc1.CCCCCCCCOc1ccc(CO)cc1.O=Cc1ccc(O)cc1. The smallest absolute Gasteiger partial charge is 0.150 e. The van der Waals surface area contributed by atoms with E-state index in [1.54, 1.807) is 24.3 Å². The van der Waals surface area contributed by atoms with Gasteiger partial charge in [0.2, 0.25) is 0 Å². The highest BCUT2D eigenvalue weighted by atomic mass is 16.5. The number of phenolic OH excluding ortho intramolecular Hbond substituents is 1. The number of phenols is 1. The minimum absolute atomic E-state index is 0.0949. The molecule has 0 aliphatic carbocycles. The summed E-state index contributed by atoms with van der Waals surface area (Å²) in [6.45, 7) is 6.13. The lowest BCUT2D eigenvalue weighted by Crippen LogP contribution is -1.97. The second kappa shape index (κ2) is 26.0. The van der Waals surface area contributed by atoms with Crippen LogP contribution in [0.5, 0.6) is 17.2 Å². The lowest BCUT2D eigenvalue weighted by Gasteiger charge is -2.06. The average molecular weight is 593 g/mol. The number of carbonyl (C=O) groups excluding carboxylic acids is 2. The van der Waals surface area contributed by atoms with Crippen molar-refractivity contribution in [3.05, 3.63) is 89.5 Å². The summed E-state index contributed by atoms with van der Waals surface area (Å²) >= 11 is 0. The Hall–Kier alpha value is -3.64. The molecule has 3 aromatic rings. The Labute approximate surface area is 259 Å². The highest BCUT2D eigenvalue weighted by molar-refractivity contribution is 5.75. The van der Waals surface area contributed by atoms with Crippen molar-refractivity contribution >= 4 is 12.6 Å². The van der Waals surface area contributed by atoms with Gasteiger partial charge in [0.1, 0.15) is 29.8 Å². The van der Waals surface area contributed by atoms with E-state index in [0.717, 1.165) is 55.7 Å². The van der Waals surface area contributed by atoms with Crippen LogP contribution in [0.3, 0.4) is 0 Å². The standard InChI is InChI=1S/C15H24O2.C15H22O2.C7H6O2/c2*1-2-3-4-5-6-7-12-17-15-10-8-14(13-16)9-11-15;8-5-6-1-3-7(9)4-2-6/h8-11,16H,2-7,12-13H2,1H3;8-11,13H,2-7,12H2,1H3;1-5,9H. The van der Waals surface area contributed by atoms with Crippen LogP contribution in [0, 0.1) is 0 Å². The third-order valence-corrected chi connectivity index (χ3v) is 6.68. The van der Waals surface area contributed by atoms with Gasteiger partial charge in [0.05, 0.1) is 19.8 Å². The number of hydrogen-bond acceptors (Lipinski definition) is 6. The Kier molecular flexibility index (Phi) is 22.6. The zero-order valence-electron chi connectivity index (χ0n) is 26.2. The molecular formula is C37H52O6. The lowest BCUT2D eigenvalue weighted by molar-refractivity contribution is 0.111. The molecule has 0 saturated heterocycles. The minimum Gasteiger partial charge on any atom is -0.508 e. The van der Waals surface area contributed by atoms with E-state index in [-0.39, 0.29) is 12.4 Å². The van der Waals surface area contributed by atoms with Gasteiger partial charge in [0.25, 0.3) is 0 Å². The number of aliphatic hydroxyl groups excluding tert-OH is 1. The van der Waals surface area contributed by atoms with E-state index in [0.29, 0.717) is 11.1 Å². The zero-order chi connectivity index (χ0) is 31.4. The molecule has 0 amide bonds. The largest absolute Gasteiger partial charge is 0.508 e. The average Bonchev–Trinajstić information content (AvgIpc) is 3.05. The highest BCUT2D eigenvalue weighted by Crippen LogP contribution is 2.14. The summed E-state index contributed by atoms with van der Waals surface area (Å²) in [5, 5.41) is 17.6. The molecule has 0 atom stereocenters. The fourth-order valence-corrected chi connectivity index (χ4v) is 4.03. The molecule has 0 bridgehead atoms. The van der Waals surface area contributed by atoms with Crippen molar-refractivity contribution in [3.8, 4) is 17.2 Å². The van der Waals surface area contributed by atoms with Crippen molar-refractivity contribution in [2.45, 2.75) is 97.5 Å². The molecule has 3 aromatic carbocycles. The van der Waals surface area contributed by atoms with Crippen LogP contribution in [-0.2, 0) is 6.61 Å². The van der Waals surface area contributed by atoms with E-state index in [4.69, 9.17) is 19.7 Å². The monoisotopic (exact) mass is 592 g/mol. The molecule has 0 fully saturated rings. The topological polar surface area (TPSA) is 93.1 Å². The first-order valence-corrected chi connectivity index (χ1v) is 15.8. The van der Waals surface area contributed by atoms with E-state index in [9.17, 15) is 9.59 Å². The normalized spacial score (nSPS) is 10.0. The van der Waals surface area contributed by atoms with Crippen LogP contribution in [0.2, 0.25) is 0 Å². The van der Waals surface area contributed by atoms with Gasteiger partial charge in [-0.15, -0.1) is 0 Å². The molecule has 43 heavy (non-hydrogen) atoms. The molecule has 2 N–H and O–H groups in total. The number of unbranched alkanes of at least 4 members (excludes halogenated alkanes) is 10. The molecule has 0 aliphatic rings. The summed E-state index contributed by atoms with van der Waals surface area (Å²) in [4.78, 5) is 20.5. The quantitative estimate of drug-likeness (QED) is 0.106. The van der Waals surface area contributed by atoms with Crippen LogP contribution in [0.25, 0.3) is 0 Å². The lowest BCUT2D eigenvalue weighted by atomic mass is 10.1. The number of ether oxygens (including phenoxy) is 2. The van der Waals surface area contributed by atoms with Crippen molar-refractivity contribution in [2.75, 3.05) is 13.2 Å². The summed E-state index contributed by atoms with van der Waals surface area (Å²) < 4.78 is 11.2. The maximum absolute atomic E-state index is 10.5. The van der Waals surface area contributed by atoms with Gasteiger partial charge in [-0.2, -0.15) is 0 Å². The molecule has 0 saturated carbocycles. The number of aldehydes is 2. The van der Waals surface area contributed by atoms with Crippen LogP contribution in [-0.4, -0.2) is 36.0 Å². The summed E-state index contributed by atoms with van der Waals surface area (Å²) in [5.41, 5.74) is 2.20. The van der Waals surface area contributed by atoms with Crippen LogP contribution < -0.4 is 9.47 Å². The van der Waals surface area contributed by atoms with E-state index < -0.39 is 0 Å². The van der Waals surface area contributed by atoms with Crippen molar-refractivity contribution in [1.82, 2.24) is 0 Å². The Morgan fingerprint density at radius 3 is 1.30 bits per heavy atom. The predicted molar refractivity (Wildman–Crippen MR) is 175 cm³/mol. The van der Waals surface area contributed by atoms with E-state index in [2.05, 4.69) is 13.8 Å². The predicted octanol–water partition coefficient (Wildman–Crippen LogP) is 9.36.